The van der Waals surface area contributed by atoms with E-state index >= 15 is 0 Å². The summed E-state index contributed by atoms with van der Waals surface area (Å²) in [6.07, 6.45) is 1.85. The summed E-state index contributed by atoms with van der Waals surface area (Å²) in [5, 5.41) is 3.30. The van der Waals surface area contributed by atoms with Gasteiger partial charge in [0.25, 0.3) is 0 Å². The van der Waals surface area contributed by atoms with Crippen molar-refractivity contribution in [2.75, 3.05) is 12.3 Å². The summed E-state index contributed by atoms with van der Waals surface area (Å²) < 4.78 is 13.6. The maximum atomic E-state index is 13.6. The summed E-state index contributed by atoms with van der Waals surface area (Å²) in [5.41, 5.74) is 2.99. The Morgan fingerprint density at radius 2 is 2.04 bits per heavy atom. The molecule has 128 valence electrons. The molecule has 0 aliphatic rings. The van der Waals surface area contributed by atoms with Crippen LogP contribution >= 0.6 is 23.4 Å². The van der Waals surface area contributed by atoms with Crippen LogP contribution in [0.2, 0.25) is 5.02 Å². The summed E-state index contributed by atoms with van der Waals surface area (Å²) >= 11 is 7.33. The van der Waals surface area contributed by atoms with Crippen molar-refractivity contribution in [2.45, 2.75) is 25.5 Å². The molecular formula is C19H21ClFNOS. The number of nitrogens with one attached hydrogen (secondary N) is 1. The van der Waals surface area contributed by atoms with Crippen LogP contribution in [0.3, 0.4) is 0 Å². The highest BCUT2D eigenvalue weighted by atomic mass is 35.5. The summed E-state index contributed by atoms with van der Waals surface area (Å²) in [4.78, 5) is 11.8. The van der Waals surface area contributed by atoms with Gasteiger partial charge in [-0.15, -0.1) is 11.8 Å². The molecule has 0 aliphatic heterocycles. The van der Waals surface area contributed by atoms with Crippen LogP contribution < -0.4 is 5.32 Å². The van der Waals surface area contributed by atoms with Gasteiger partial charge in [0.1, 0.15) is 5.82 Å². The number of halogens is 2. The highest BCUT2D eigenvalue weighted by Crippen LogP contribution is 2.23. The minimum absolute atomic E-state index is 0.0308. The van der Waals surface area contributed by atoms with Gasteiger partial charge in [-0.2, -0.15) is 0 Å². The minimum atomic E-state index is -0.325. The van der Waals surface area contributed by atoms with Crippen LogP contribution in [0.15, 0.2) is 42.5 Å². The standard InChI is InChI=1S/C19H21ClFNOS/c1-14-5-2-6-15(11-14)7-4-10-22-19(23)13-24-12-16-17(20)8-3-9-18(16)21/h2-3,5-6,8-9,11H,4,7,10,12-13H2,1H3,(H,22,23). The molecule has 2 rings (SSSR count). The predicted octanol–water partition coefficient (Wildman–Crippen LogP) is 4.77. The van der Waals surface area contributed by atoms with Crippen LogP contribution in [0.4, 0.5) is 4.39 Å². The van der Waals surface area contributed by atoms with E-state index in [1.54, 1.807) is 12.1 Å². The predicted molar refractivity (Wildman–Crippen MR) is 100 cm³/mol. The average Bonchev–Trinajstić information content (AvgIpc) is 2.54. The van der Waals surface area contributed by atoms with Crippen LogP contribution in [-0.4, -0.2) is 18.2 Å². The first-order valence-corrected chi connectivity index (χ1v) is 9.42. The quantitative estimate of drug-likeness (QED) is 0.683. The first-order chi connectivity index (χ1) is 11.6. The second-order valence-corrected chi connectivity index (χ2v) is 7.03. The number of aryl methyl sites for hydroxylation is 2. The summed E-state index contributed by atoms with van der Waals surface area (Å²) in [5.74, 6) is 0.336. The molecule has 0 aliphatic carbocycles. The minimum Gasteiger partial charge on any atom is -0.355 e. The van der Waals surface area contributed by atoms with Gasteiger partial charge >= 0.3 is 0 Å². The van der Waals surface area contributed by atoms with E-state index in [-0.39, 0.29) is 11.7 Å². The molecule has 0 spiro atoms. The highest BCUT2D eigenvalue weighted by Gasteiger charge is 2.08. The molecule has 2 nitrogen and oxygen atoms in total. The van der Waals surface area contributed by atoms with Crippen molar-refractivity contribution in [3.8, 4) is 0 Å². The Bertz CT molecular complexity index is 673. The number of amides is 1. The maximum absolute atomic E-state index is 13.6. The van der Waals surface area contributed by atoms with Gasteiger partial charge in [0, 0.05) is 22.9 Å². The maximum Gasteiger partial charge on any atom is 0.230 e. The van der Waals surface area contributed by atoms with Crippen LogP contribution in [0, 0.1) is 12.7 Å². The Morgan fingerprint density at radius 1 is 1.25 bits per heavy atom. The van der Waals surface area contributed by atoms with Gasteiger partial charge < -0.3 is 5.32 Å². The van der Waals surface area contributed by atoms with Crippen LogP contribution in [0.25, 0.3) is 0 Å². The third-order valence-electron chi connectivity index (χ3n) is 3.59. The molecule has 24 heavy (non-hydrogen) atoms. The van der Waals surface area contributed by atoms with Crippen molar-refractivity contribution in [3.05, 3.63) is 70.0 Å². The van der Waals surface area contributed by atoms with Crippen molar-refractivity contribution in [2.24, 2.45) is 0 Å². The topological polar surface area (TPSA) is 29.1 Å². The van der Waals surface area contributed by atoms with E-state index in [2.05, 4.69) is 30.4 Å². The van der Waals surface area contributed by atoms with Gasteiger partial charge in [-0.05, 0) is 37.5 Å². The molecule has 0 atom stereocenters. The summed E-state index contributed by atoms with van der Waals surface area (Å²) in [6, 6.07) is 13.0. The molecule has 2 aromatic carbocycles. The zero-order valence-electron chi connectivity index (χ0n) is 13.6. The Labute approximate surface area is 151 Å². The number of benzene rings is 2. The van der Waals surface area contributed by atoms with E-state index < -0.39 is 0 Å². The molecule has 1 N–H and O–H groups in total. The molecule has 0 unspecified atom stereocenters. The monoisotopic (exact) mass is 365 g/mol. The Kier molecular flexibility index (Phi) is 7.60. The number of hydrogen-bond acceptors (Lipinski definition) is 2. The second kappa shape index (κ2) is 9.70. The van der Waals surface area contributed by atoms with E-state index in [1.165, 1.54) is 29.0 Å². The molecule has 0 fully saturated rings. The summed E-state index contributed by atoms with van der Waals surface area (Å²) in [6.45, 7) is 2.72. The molecule has 0 bridgehead atoms. The van der Waals surface area contributed by atoms with Gasteiger partial charge in [-0.1, -0.05) is 47.5 Å². The Morgan fingerprint density at radius 3 is 2.79 bits per heavy atom. The van der Waals surface area contributed by atoms with Crippen LogP contribution in [-0.2, 0) is 17.0 Å². The molecule has 0 aromatic heterocycles. The Hall–Kier alpha value is -1.52. The van der Waals surface area contributed by atoms with Crippen molar-refractivity contribution in [1.82, 2.24) is 5.32 Å². The molecule has 2 aromatic rings. The third-order valence-corrected chi connectivity index (χ3v) is 4.90. The highest BCUT2D eigenvalue weighted by molar-refractivity contribution is 7.99. The molecule has 1 amide bonds. The molecule has 0 heterocycles. The molecule has 5 heteroatoms. The van der Waals surface area contributed by atoms with E-state index in [9.17, 15) is 9.18 Å². The molecule has 0 saturated carbocycles. The fourth-order valence-corrected chi connectivity index (χ4v) is 3.55. The van der Waals surface area contributed by atoms with Crippen molar-refractivity contribution < 1.29 is 9.18 Å². The zero-order valence-corrected chi connectivity index (χ0v) is 15.2. The first-order valence-electron chi connectivity index (χ1n) is 7.89. The molecular weight excluding hydrogens is 345 g/mol. The second-order valence-electron chi connectivity index (χ2n) is 5.64. The lowest BCUT2D eigenvalue weighted by atomic mass is 10.1. The van der Waals surface area contributed by atoms with E-state index in [0.29, 0.717) is 28.6 Å². The van der Waals surface area contributed by atoms with Gasteiger partial charge in [0.05, 0.1) is 5.75 Å². The Balaban J connectivity index is 1.63. The van der Waals surface area contributed by atoms with Gasteiger partial charge in [0.15, 0.2) is 0 Å². The zero-order chi connectivity index (χ0) is 17.4. The smallest absolute Gasteiger partial charge is 0.230 e. The van der Waals surface area contributed by atoms with Crippen LogP contribution in [0.1, 0.15) is 23.1 Å². The van der Waals surface area contributed by atoms with Gasteiger partial charge in [0.2, 0.25) is 5.91 Å². The fraction of sp³-hybridized carbons (Fsp3) is 0.316. The molecule has 0 radical (unpaired) electrons. The number of carbonyl (C=O) groups excluding carboxylic acids is 1. The van der Waals surface area contributed by atoms with Gasteiger partial charge in [-0.3, -0.25) is 4.79 Å². The van der Waals surface area contributed by atoms with E-state index in [1.807, 2.05) is 6.07 Å². The van der Waals surface area contributed by atoms with Crippen molar-refractivity contribution >= 4 is 29.3 Å². The summed E-state index contributed by atoms with van der Waals surface area (Å²) in [7, 11) is 0. The van der Waals surface area contributed by atoms with Crippen molar-refractivity contribution in [3.63, 3.8) is 0 Å². The fourth-order valence-electron chi connectivity index (χ4n) is 2.36. The van der Waals surface area contributed by atoms with Crippen LogP contribution in [0.5, 0.6) is 0 Å². The van der Waals surface area contributed by atoms with E-state index in [4.69, 9.17) is 11.6 Å². The number of hydrogen-bond donors (Lipinski definition) is 1. The largest absolute Gasteiger partial charge is 0.355 e. The first kappa shape index (κ1) is 18.8. The van der Waals surface area contributed by atoms with Crippen molar-refractivity contribution in [1.29, 1.82) is 0 Å². The van der Waals surface area contributed by atoms with Gasteiger partial charge in [-0.25, -0.2) is 4.39 Å². The SMILES string of the molecule is Cc1cccc(CCCNC(=O)CSCc2c(F)cccc2Cl)c1. The number of carbonyl (C=O) groups is 1. The lowest BCUT2D eigenvalue weighted by molar-refractivity contribution is -0.118. The lowest BCUT2D eigenvalue weighted by Gasteiger charge is -2.07. The van der Waals surface area contributed by atoms with E-state index in [0.717, 1.165) is 12.8 Å². The third kappa shape index (κ3) is 6.17. The molecule has 0 saturated heterocycles. The average molecular weight is 366 g/mol. The normalized spacial score (nSPS) is 10.6. The number of rotatable bonds is 8. The number of thioether (sulfide) groups is 1. The lowest BCUT2D eigenvalue weighted by Crippen LogP contribution is -2.26.